The summed E-state index contributed by atoms with van der Waals surface area (Å²) in [6.07, 6.45) is 1.35. The van der Waals surface area contributed by atoms with Crippen LogP contribution in [0.2, 0.25) is 0 Å². The Morgan fingerprint density at radius 1 is 1.29 bits per heavy atom. The van der Waals surface area contributed by atoms with Crippen molar-refractivity contribution < 1.29 is 18.5 Å². The lowest BCUT2D eigenvalue weighted by atomic mass is 10.1. The van der Waals surface area contributed by atoms with Gasteiger partial charge in [-0.3, -0.25) is 19.9 Å². The molecule has 8 heteroatoms. The zero-order chi connectivity index (χ0) is 15.6. The first-order chi connectivity index (χ1) is 9.88. The molecule has 1 aromatic carbocycles. The van der Waals surface area contributed by atoms with Gasteiger partial charge in [-0.05, 0) is 25.1 Å². The van der Waals surface area contributed by atoms with Crippen LogP contribution in [0, 0.1) is 28.7 Å². The minimum Gasteiger partial charge on any atom is -0.320 e. The molecule has 0 aliphatic rings. The molecule has 0 bridgehead atoms. The average molecular weight is 293 g/mol. The van der Waals surface area contributed by atoms with Gasteiger partial charge in [-0.15, -0.1) is 0 Å². The Kier molecular flexibility index (Phi) is 3.88. The summed E-state index contributed by atoms with van der Waals surface area (Å²) in [6, 6.07) is 4.02. The van der Waals surface area contributed by atoms with Crippen LogP contribution in [-0.4, -0.2) is 15.8 Å². The Morgan fingerprint density at radius 2 is 1.95 bits per heavy atom. The Balaban J connectivity index is 2.36. The summed E-state index contributed by atoms with van der Waals surface area (Å²) in [5, 5.41) is 13.1. The molecule has 6 nitrogen and oxygen atoms in total. The number of nitrogens with zero attached hydrogens (tertiary/aromatic N) is 2. The van der Waals surface area contributed by atoms with Crippen LogP contribution in [0.3, 0.4) is 0 Å². The number of nitro benzene ring substituents is 1. The fourth-order valence-corrected chi connectivity index (χ4v) is 1.61. The predicted molar refractivity (Wildman–Crippen MR) is 69.9 cm³/mol. The second kappa shape index (κ2) is 5.61. The quantitative estimate of drug-likeness (QED) is 0.696. The molecule has 0 unspecified atom stereocenters. The average Bonchev–Trinajstić information content (AvgIpc) is 2.43. The molecular weight excluding hydrogens is 284 g/mol. The number of halogens is 2. The van der Waals surface area contributed by atoms with E-state index in [4.69, 9.17) is 0 Å². The first-order valence-corrected chi connectivity index (χ1v) is 5.76. The highest BCUT2D eigenvalue weighted by Gasteiger charge is 2.24. The van der Waals surface area contributed by atoms with Gasteiger partial charge in [0.05, 0.1) is 22.9 Å². The first kappa shape index (κ1) is 14.5. The number of carbonyl (C=O) groups excluding carboxylic acids is 1. The summed E-state index contributed by atoms with van der Waals surface area (Å²) in [5.74, 6) is -3.66. The first-order valence-electron chi connectivity index (χ1n) is 5.76. The van der Waals surface area contributed by atoms with Crippen LogP contribution in [-0.2, 0) is 0 Å². The van der Waals surface area contributed by atoms with Crippen LogP contribution in [0.15, 0.2) is 30.5 Å². The number of pyridine rings is 1. The molecule has 2 aromatic rings. The van der Waals surface area contributed by atoms with E-state index in [0.29, 0.717) is 17.8 Å². The van der Waals surface area contributed by atoms with Crippen molar-refractivity contribution in [3.63, 3.8) is 0 Å². The molecule has 0 radical (unpaired) electrons. The number of amides is 1. The topological polar surface area (TPSA) is 85.1 Å². The minimum atomic E-state index is -1.39. The zero-order valence-corrected chi connectivity index (χ0v) is 10.8. The second-order valence-electron chi connectivity index (χ2n) is 4.18. The number of rotatable bonds is 3. The molecule has 1 amide bonds. The molecule has 1 N–H and O–H groups in total. The van der Waals surface area contributed by atoms with Crippen LogP contribution in [0.25, 0.3) is 0 Å². The van der Waals surface area contributed by atoms with E-state index in [1.54, 1.807) is 13.0 Å². The molecule has 1 heterocycles. The molecular formula is C13H9F2N3O3. The maximum absolute atomic E-state index is 13.2. The van der Waals surface area contributed by atoms with Gasteiger partial charge < -0.3 is 5.32 Å². The van der Waals surface area contributed by atoms with Gasteiger partial charge in [-0.2, -0.15) is 0 Å². The summed E-state index contributed by atoms with van der Waals surface area (Å²) in [4.78, 5) is 25.7. The lowest BCUT2D eigenvalue weighted by Crippen LogP contribution is -2.15. The molecule has 2 rings (SSSR count). The molecule has 21 heavy (non-hydrogen) atoms. The highest BCUT2D eigenvalue weighted by atomic mass is 19.2. The number of benzene rings is 1. The number of nitrogens with one attached hydrogen (secondary N) is 1. The van der Waals surface area contributed by atoms with Gasteiger partial charge in [0.25, 0.3) is 11.6 Å². The predicted octanol–water partition coefficient (Wildman–Crippen LogP) is 2.83. The third kappa shape index (κ3) is 3.16. The third-order valence-corrected chi connectivity index (χ3v) is 2.65. The summed E-state index contributed by atoms with van der Waals surface area (Å²) in [5.41, 5.74) is -0.387. The van der Waals surface area contributed by atoms with Gasteiger partial charge >= 0.3 is 0 Å². The number of carbonyl (C=O) groups is 1. The van der Waals surface area contributed by atoms with Gasteiger partial charge in [0.2, 0.25) is 0 Å². The minimum absolute atomic E-state index is 0.282. The highest BCUT2D eigenvalue weighted by Crippen LogP contribution is 2.23. The lowest BCUT2D eigenvalue weighted by Gasteiger charge is -2.06. The molecule has 0 atom stereocenters. The van der Waals surface area contributed by atoms with Gasteiger partial charge in [0, 0.05) is 5.69 Å². The van der Waals surface area contributed by atoms with Crippen molar-refractivity contribution in [1.29, 1.82) is 0 Å². The van der Waals surface area contributed by atoms with Gasteiger partial charge in [-0.1, -0.05) is 0 Å². The van der Waals surface area contributed by atoms with E-state index in [2.05, 4.69) is 10.3 Å². The zero-order valence-electron chi connectivity index (χ0n) is 10.8. The number of nitro groups is 1. The molecule has 0 saturated carbocycles. The van der Waals surface area contributed by atoms with E-state index in [0.717, 1.165) is 0 Å². The number of aromatic nitrogens is 1. The fraction of sp³-hybridized carbons (Fsp3) is 0.0769. The van der Waals surface area contributed by atoms with E-state index in [-0.39, 0.29) is 5.69 Å². The van der Waals surface area contributed by atoms with Crippen LogP contribution >= 0.6 is 0 Å². The lowest BCUT2D eigenvalue weighted by molar-refractivity contribution is -0.385. The number of hydrogen-bond donors (Lipinski definition) is 1. The van der Waals surface area contributed by atoms with Crippen molar-refractivity contribution in [3.8, 4) is 0 Å². The largest absolute Gasteiger partial charge is 0.320 e. The molecule has 0 aliphatic heterocycles. The van der Waals surface area contributed by atoms with E-state index in [1.165, 1.54) is 12.3 Å². The smallest absolute Gasteiger partial charge is 0.285 e. The standard InChI is InChI=1S/C13H9F2N3O3/c1-7-2-3-8(6-16-7)17-13(19)9-4-10(14)11(15)5-12(9)18(20)21/h2-6H,1H3,(H,17,19). The van der Waals surface area contributed by atoms with Crippen molar-refractivity contribution in [2.24, 2.45) is 0 Å². The SMILES string of the molecule is Cc1ccc(NC(=O)c2cc(F)c(F)cc2[N+](=O)[O-])cn1. The summed E-state index contributed by atoms with van der Waals surface area (Å²) >= 11 is 0. The van der Waals surface area contributed by atoms with Crippen LogP contribution in [0.1, 0.15) is 16.1 Å². The highest BCUT2D eigenvalue weighted by molar-refractivity contribution is 6.07. The Hall–Kier alpha value is -2.90. The normalized spacial score (nSPS) is 10.2. The van der Waals surface area contributed by atoms with Crippen LogP contribution < -0.4 is 5.32 Å². The number of hydrogen-bond acceptors (Lipinski definition) is 4. The monoisotopic (exact) mass is 293 g/mol. The fourth-order valence-electron chi connectivity index (χ4n) is 1.61. The van der Waals surface area contributed by atoms with E-state index >= 15 is 0 Å². The Labute approximate surface area is 117 Å². The van der Waals surface area contributed by atoms with E-state index < -0.39 is 33.7 Å². The number of anilines is 1. The van der Waals surface area contributed by atoms with Gasteiger partial charge in [0.15, 0.2) is 11.6 Å². The molecule has 0 spiro atoms. The molecule has 0 saturated heterocycles. The summed E-state index contributed by atoms with van der Waals surface area (Å²) < 4.78 is 26.2. The summed E-state index contributed by atoms with van der Waals surface area (Å²) in [6.45, 7) is 1.74. The van der Waals surface area contributed by atoms with Crippen molar-refractivity contribution in [3.05, 3.63) is 63.5 Å². The second-order valence-corrected chi connectivity index (χ2v) is 4.18. The van der Waals surface area contributed by atoms with Crippen molar-refractivity contribution in [2.45, 2.75) is 6.92 Å². The van der Waals surface area contributed by atoms with Crippen molar-refractivity contribution in [2.75, 3.05) is 5.32 Å². The molecule has 108 valence electrons. The van der Waals surface area contributed by atoms with Crippen molar-refractivity contribution >= 4 is 17.3 Å². The van der Waals surface area contributed by atoms with Crippen LogP contribution in [0.5, 0.6) is 0 Å². The maximum Gasteiger partial charge on any atom is 0.285 e. The Bertz CT molecular complexity index is 717. The number of aryl methyl sites for hydroxylation is 1. The van der Waals surface area contributed by atoms with Gasteiger partial charge in [-0.25, -0.2) is 8.78 Å². The maximum atomic E-state index is 13.2. The molecule has 0 aliphatic carbocycles. The van der Waals surface area contributed by atoms with Crippen LogP contribution in [0.4, 0.5) is 20.2 Å². The molecule has 0 fully saturated rings. The molecule has 1 aromatic heterocycles. The third-order valence-electron chi connectivity index (χ3n) is 2.65. The van der Waals surface area contributed by atoms with Crippen molar-refractivity contribution in [1.82, 2.24) is 4.98 Å². The van der Waals surface area contributed by atoms with Gasteiger partial charge in [0.1, 0.15) is 5.56 Å². The van der Waals surface area contributed by atoms with E-state index in [1.807, 2.05) is 0 Å². The Morgan fingerprint density at radius 3 is 2.52 bits per heavy atom. The summed E-state index contributed by atoms with van der Waals surface area (Å²) in [7, 11) is 0. The van der Waals surface area contributed by atoms with E-state index in [9.17, 15) is 23.7 Å².